The van der Waals surface area contributed by atoms with Crippen molar-refractivity contribution in [2.45, 2.75) is 6.04 Å². The number of nitro benzene ring substituents is 1. The lowest BCUT2D eigenvalue weighted by Gasteiger charge is -2.18. The number of carbonyl (C=O) groups is 2. The van der Waals surface area contributed by atoms with Gasteiger partial charge in [-0.1, -0.05) is 48.0 Å². The molecule has 3 N–H and O–H groups in total. The summed E-state index contributed by atoms with van der Waals surface area (Å²) in [6, 6.07) is 17.2. The van der Waals surface area contributed by atoms with Gasteiger partial charge in [-0.2, -0.15) is 10.2 Å². The topological polar surface area (TPSA) is 159 Å². The summed E-state index contributed by atoms with van der Waals surface area (Å²) in [5, 5.41) is 24.7. The lowest BCUT2D eigenvalue weighted by atomic mass is 10.0. The minimum atomic E-state index is -1.35. The molecule has 4 aromatic rings. The maximum absolute atomic E-state index is 13.2. The summed E-state index contributed by atoms with van der Waals surface area (Å²) in [7, 11) is 0. The molecule has 0 fully saturated rings. The predicted molar refractivity (Wildman–Crippen MR) is 133 cm³/mol. The fraction of sp³-hybridized carbons (Fsp3) is 0.0417. The lowest BCUT2D eigenvalue weighted by molar-refractivity contribution is -0.384. The van der Waals surface area contributed by atoms with Crippen molar-refractivity contribution in [3.8, 4) is 0 Å². The van der Waals surface area contributed by atoms with Crippen LogP contribution in [0.1, 0.15) is 27.7 Å². The zero-order valence-electron chi connectivity index (χ0n) is 18.3. The molecule has 4 rings (SSSR count). The molecule has 36 heavy (non-hydrogen) atoms. The Bertz CT molecular complexity index is 1550. The van der Waals surface area contributed by atoms with E-state index >= 15 is 0 Å². The second-order valence-corrected chi connectivity index (χ2v) is 7.86. The van der Waals surface area contributed by atoms with E-state index in [-0.39, 0.29) is 27.4 Å². The maximum atomic E-state index is 13.2. The van der Waals surface area contributed by atoms with Gasteiger partial charge in [-0.15, -0.1) is 0 Å². The molecule has 11 nitrogen and oxygen atoms in total. The molecule has 0 aliphatic carbocycles. The van der Waals surface area contributed by atoms with Crippen LogP contribution in [0.15, 0.2) is 82.7 Å². The minimum absolute atomic E-state index is 0.0931. The second kappa shape index (κ2) is 10.6. The van der Waals surface area contributed by atoms with Crippen molar-refractivity contribution in [3.05, 3.63) is 115 Å². The SMILES string of the molecule is O=C(NC(C(=O)NN=Cc1cc([N+](=O)[O-])ccc1Cl)c1n[nH]c(=O)c2ccccc12)c1ccccc1. The Labute approximate surface area is 208 Å². The number of nitro groups is 1. The van der Waals surface area contributed by atoms with Crippen molar-refractivity contribution < 1.29 is 14.5 Å². The van der Waals surface area contributed by atoms with Crippen LogP contribution in [-0.2, 0) is 4.79 Å². The Kier molecular flexibility index (Phi) is 7.12. The number of hydrogen-bond acceptors (Lipinski definition) is 7. The van der Waals surface area contributed by atoms with Crippen LogP contribution in [0.3, 0.4) is 0 Å². The number of fused-ring (bicyclic) bond motifs is 1. The molecule has 0 saturated heterocycles. The van der Waals surface area contributed by atoms with Crippen molar-refractivity contribution in [1.82, 2.24) is 20.9 Å². The molecule has 180 valence electrons. The van der Waals surface area contributed by atoms with Gasteiger partial charge in [-0.25, -0.2) is 10.5 Å². The first kappa shape index (κ1) is 24.2. The third-order valence-corrected chi connectivity index (χ3v) is 5.49. The standard InChI is InChI=1S/C24H17ClN6O5/c25-19-11-10-16(31(35)36)12-15(19)13-26-29-24(34)21(27-22(32)14-6-2-1-3-7-14)20-17-8-4-5-9-18(17)23(33)30-28-20/h1-13,21H,(H,27,32)(H,29,34)(H,30,33). The number of halogens is 1. The second-order valence-electron chi connectivity index (χ2n) is 7.45. The average Bonchev–Trinajstić information content (AvgIpc) is 2.89. The summed E-state index contributed by atoms with van der Waals surface area (Å²) in [5.41, 5.74) is 2.23. The van der Waals surface area contributed by atoms with E-state index in [1.54, 1.807) is 54.6 Å². The number of rotatable bonds is 7. The van der Waals surface area contributed by atoms with E-state index in [1.165, 1.54) is 18.2 Å². The van der Waals surface area contributed by atoms with Crippen molar-refractivity contribution in [2.75, 3.05) is 0 Å². The lowest BCUT2D eigenvalue weighted by Crippen LogP contribution is -2.40. The van der Waals surface area contributed by atoms with E-state index < -0.39 is 28.3 Å². The largest absolute Gasteiger partial charge is 0.335 e. The number of hydrogen-bond donors (Lipinski definition) is 3. The van der Waals surface area contributed by atoms with Gasteiger partial charge in [0.15, 0.2) is 6.04 Å². The van der Waals surface area contributed by atoms with E-state index in [4.69, 9.17) is 11.6 Å². The molecule has 0 radical (unpaired) electrons. The van der Waals surface area contributed by atoms with Gasteiger partial charge in [-0.3, -0.25) is 24.5 Å². The average molecular weight is 505 g/mol. The number of non-ortho nitro benzene ring substituents is 1. The van der Waals surface area contributed by atoms with Gasteiger partial charge in [0, 0.05) is 33.7 Å². The number of carbonyl (C=O) groups excluding carboxylic acids is 2. The molecule has 1 atom stereocenters. The Morgan fingerprint density at radius 2 is 1.75 bits per heavy atom. The Morgan fingerprint density at radius 1 is 1.06 bits per heavy atom. The van der Waals surface area contributed by atoms with E-state index in [9.17, 15) is 24.5 Å². The normalized spacial score (nSPS) is 11.8. The van der Waals surface area contributed by atoms with E-state index in [1.807, 2.05) is 0 Å². The molecule has 1 heterocycles. The van der Waals surface area contributed by atoms with Crippen LogP contribution in [-0.4, -0.2) is 33.1 Å². The van der Waals surface area contributed by atoms with Crippen molar-refractivity contribution in [3.63, 3.8) is 0 Å². The van der Waals surface area contributed by atoms with Crippen LogP contribution in [0.5, 0.6) is 0 Å². The Morgan fingerprint density at radius 3 is 2.47 bits per heavy atom. The minimum Gasteiger partial charge on any atom is -0.335 e. The van der Waals surface area contributed by atoms with E-state index in [0.29, 0.717) is 10.9 Å². The quantitative estimate of drug-likeness (QED) is 0.199. The van der Waals surface area contributed by atoms with Gasteiger partial charge in [0.1, 0.15) is 5.69 Å². The first-order chi connectivity index (χ1) is 17.3. The van der Waals surface area contributed by atoms with E-state index in [2.05, 4.69) is 26.0 Å². The van der Waals surface area contributed by atoms with Crippen LogP contribution in [0.2, 0.25) is 5.02 Å². The maximum Gasteiger partial charge on any atom is 0.272 e. The monoisotopic (exact) mass is 504 g/mol. The van der Waals surface area contributed by atoms with E-state index in [0.717, 1.165) is 6.21 Å². The summed E-state index contributed by atoms with van der Waals surface area (Å²) in [6.07, 6.45) is 1.14. The highest BCUT2D eigenvalue weighted by atomic mass is 35.5. The first-order valence-corrected chi connectivity index (χ1v) is 10.8. The Balaban J connectivity index is 1.67. The zero-order valence-corrected chi connectivity index (χ0v) is 19.1. The van der Waals surface area contributed by atoms with Crippen molar-refractivity contribution in [1.29, 1.82) is 0 Å². The molecule has 0 bridgehead atoms. The fourth-order valence-corrected chi connectivity index (χ4v) is 3.56. The molecule has 1 unspecified atom stereocenters. The third kappa shape index (κ3) is 5.26. The molecular weight excluding hydrogens is 488 g/mol. The summed E-state index contributed by atoms with van der Waals surface area (Å²) in [5.74, 6) is -1.33. The molecule has 0 aliphatic rings. The van der Waals surface area contributed by atoms with Gasteiger partial charge in [0.2, 0.25) is 0 Å². The smallest absolute Gasteiger partial charge is 0.272 e. The number of aromatic nitrogens is 2. The summed E-state index contributed by atoms with van der Waals surface area (Å²) in [4.78, 5) is 48.7. The van der Waals surface area contributed by atoms with Crippen LogP contribution in [0.25, 0.3) is 10.8 Å². The summed E-state index contributed by atoms with van der Waals surface area (Å²) < 4.78 is 0. The Hall–Kier alpha value is -4.90. The fourth-order valence-electron chi connectivity index (χ4n) is 3.39. The van der Waals surface area contributed by atoms with Gasteiger partial charge in [0.25, 0.3) is 23.1 Å². The summed E-state index contributed by atoms with van der Waals surface area (Å²) >= 11 is 6.06. The molecule has 12 heteroatoms. The molecule has 1 aromatic heterocycles. The predicted octanol–water partition coefficient (Wildman–Crippen LogP) is 3.11. The molecule has 0 spiro atoms. The molecular formula is C24H17ClN6O5. The number of amides is 2. The molecule has 2 amide bonds. The number of H-pyrrole nitrogens is 1. The highest BCUT2D eigenvalue weighted by Crippen LogP contribution is 2.22. The molecule has 0 aliphatic heterocycles. The highest BCUT2D eigenvalue weighted by molar-refractivity contribution is 6.33. The van der Waals surface area contributed by atoms with Crippen LogP contribution in [0.4, 0.5) is 5.69 Å². The van der Waals surface area contributed by atoms with Crippen molar-refractivity contribution in [2.24, 2.45) is 5.10 Å². The van der Waals surface area contributed by atoms with Gasteiger partial charge in [0.05, 0.1) is 16.5 Å². The zero-order chi connectivity index (χ0) is 25.7. The van der Waals surface area contributed by atoms with Gasteiger partial charge >= 0.3 is 0 Å². The van der Waals surface area contributed by atoms with Gasteiger partial charge < -0.3 is 5.32 Å². The number of benzene rings is 3. The van der Waals surface area contributed by atoms with Gasteiger partial charge in [-0.05, 0) is 24.3 Å². The van der Waals surface area contributed by atoms with Crippen LogP contribution >= 0.6 is 11.6 Å². The number of hydrazone groups is 1. The van der Waals surface area contributed by atoms with Crippen LogP contribution in [0, 0.1) is 10.1 Å². The highest BCUT2D eigenvalue weighted by Gasteiger charge is 2.27. The van der Waals surface area contributed by atoms with Crippen molar-refractivity contribution >= 4 is 46.1 Å². The number of nitrogens with zero attached hydrogens (tertiary/aromatic N) is 3. The first-order valence-electron chi connectivity index (χ1n) is 10.4. The van der Waals surface area contributed by atoms with Crippen LogP contribution < -0.4 is 16.3 Å². The number of aromatic amines is 1. The summed E-state index contributed by atoms with van der Waals surface area (Å²) in [6.45, 7) is 0. The molecule has 0 saturated carbocycles. The third-order valence-electron chi connectivity index (χ3n) is 5.14. The number of nitrogens with one attached hydrogen (secondary N) is 3. The molecule has 3 aromatic carbocycles.